The fourth-order valence-corrected chi connectivity index (χ4v) is 3.00. The van der Waals surface area contributed by atoms with E-state index in [2.05, 4.69) is 6.08 Å². The van der Waals surface area contributed by atoms with E-state index in [-0.39, 0.29) is 77.3 Å². The van der Waals surface area contributed by atoms with Gasteiger partial charge in [-0.15, -0.1) is 5.97 Å². The second-order valence-electron chi connectivity index (χ2n) is 5.42. The minimum absolute atomic E-state index is 0. The van der Waals surface area contributed by atoms with Gasteiger partial charge in [0.1, 0.15) is 0 Å². The van der Waals surface area contributed by atoms with Gasteiger partial charge in [0, 0.05) is 0 Å². The van der Waals surface area contributed by atoms with Crippen molar-refractivity contribution in [2.75, 3.05) is 0 Å². The zero-order chi connectivity index (χ0) is 15.0. The van der Waals surface area contributed by atoms with E-state index in [0.717, 1.165) is 25.7 Å². The summed E-state index contributed by atoms with van der Waals surface area (Å²) in [5.41, 5.74) is 0.379. The SMILES string of the molecule is O=C([O-])C(=[C-]C1CCCC1)C1CCC(O)CC1.O=C=O.[Na+].[Na+]. The molecule has 2 aliphatic rings. The Balaban J connectivity index is 0. The van der Waals surface area contributed by atoms with Crippen LogP contribution in [-0.2, 0) is 14.4 Å². The van der Waals surface area contributed by atoms with Gasteiger partial charge in [0.2, 0.25) is 0 Å². The molecule has 0 saturated heterocycles. The van der Waals surface area contributed by atoms with Gasteiger partial charge < -0.3 is 15.0 Å². The third-order valence-electron chi connectivity index (χ3n) is 4.04. The molecule has 0 bridgehead atoms. The Hall–Kier alpha value is 0.550. The van der Waals surface area contributed by atoms with Crippen LogP contribution in [0, 0.1) is 17.9 Å². The summed E-state index contributed by atoms with van der Waals surface area (Å²) >= 11 is 0. The maximum absolute atomic E-state index is 11.2. The Kier molecular flexibility index (Phi) is 15.7. The van der Waals surface area contributed by atoms with Crippen LogP contribution in [0.25, 0.3) is 0 Å². The number of hydrogen-bond donors (Lipinski definition) is 1. The van der Waals surface area contributed by atoms with Gasteiger partial charge in [-0.25, -0.2) is 0 Å². The topological polar surface area (TPSA) is 94.5 Å². The average Bonchev–Trinajstić information content (AvgIpc) is 2.91. The van der Waals surface area contributed by atoms with Gasteiger partial charge in [-0.2, -0.15) is 15.2 Å². The summed E-state index contributed by atoms with van der Waals surface area (Å²) in [7, 11) is 0. The first-order valence-corrected chi connectivity index (χ1v) is 7.10. The van der Waals surface area contributed by atoms with Gasteiger partial charge >= 0.3 is 65.3 Å². The fourth-order valence-electron chi connectivity index (χ4n) is 3.00. The molecule has 2 rings (SSSR count). The van der Waals surface area contributed by atoms with E-state index < -0.39 is 5.97 Å². The quantitative estimate of drug-likeness (QED) is 0.317. The number of carbonyl (C=O) groups excluding carboxylic acids is 3. The summed E-state index contributed by atoms with van der Waals surface area (Å²) in [4.78, 5) is 27.4. The molecule has 2 aliphatic carbocycles. The van der Waals surface area contributed by atoms with E-state index >= 15 is 0 Å². The number of carboxylic acids is 1. The van der Waals surface area contributed by atoms with E-state index in [1.807, 2.05) is 0 Å². The molecule has 0 aromatic rings. The Labute approximate surface area is 175 Å². The summed E-state index contributed by atoms with van der Waals surface area (Å²) in [6.07, 6.45) is 10.6. The molecule has 0 unspecified atom stereocenters. The molecule has 0 atom stereocenters. The largest absolute Gasteiger partial charge is 1.00 e. The first-order valence-electron chi connectivity index (χ1n) is 7.10. The minimum Gasteiger partial charge on any atom is -0.658 e. The zero-order valence-electron chi connectivity index (χ0n) is 13.5. The van der Waals surface area contributed by atoms with Crippen molar-refractivity contribution in [1.82, 2.24) is 0 Å². The van der Waals surface area contributed by atoms with Crippen molar-refractivity contribution in [1.29, 1.82) is 0 Å². The van der Waals surface area contributed by atoms with Crippen molar-refractivity contribution in [2.45, 2.75) is 57.5 Å². The summed E-state index contributed by atoms with van der Waals surface area (Å²) < 4.78 is 0. The monoisotopic (exact) mass is 326 g/mol. The van der Waals surface area contributed by atoms with E-state index in [1.54, 1.807) is 0 Å². The Morgan fingerprint density at radius 2 is 1.45 bits per heavy atom. The molecule has 7 heteroatoms. The number of carbonyl (C=O) groups is 1. The Bertz CT molecular complexity index is 377. The van der Waals surface area contributed by atoms with Crippen LogP contribution in [0.3, 0.4) is 0 Å². The smallest absolute Gasteiger partial charge is 0.658 e. The molecule has 5 nitrogen and oxygen atoms in total. The van der Waals surface area contributed by atoms with Gasteiger partial charge in [0.25, 0.3) is 0 Å². The Morgan fingerprint density at radius 1 is 1.00 bits per heavy atom. The van der Waals surface area contributed by atoms with E-state index in [4.69, 9.17) is 9.59 Å². The molecule has 0 aromatic carbocycles. The molecule has 0 aromatic heterocycles. The third-order valence-corrected chi connectivity index (χ3v) is 4.04. The van der Waals surface area contributed by atoms with Crippen molar-refractivity contribution in [3.05, 3.63) is 11.6 Å². The van der Waals surface area contributed by atoms with Crippen LogP contribution in [-0.4, -0.2) is 23.3 Å². The van der Waals surface area contributed by atoms with Crippen LogP contribution in [0.15, 0.2) is 5.57 Å². The molecule has 0 radical (unpaired) electrons. The van der Waals surface area contributed by atoms with Crippen molar-refractivity contribution in [3.63, 3.8) is 0 Å². The Morgan fingerprint density at radius 3 is 1.86 bits per heavy atom. The van der Waals surface area contributed by atoms with Gasteiger partial charge in [-0.3, -0.25) is 6.08 Å². The second kappa shape index (κ2) is 13.9. The van der Waals surface area contributed by atoms with Crippen LogP contribution >= 0.6 is 0 Å². The molecule has 2 fully saturated rings. The van der Waals surface area contributed by atoms with Gasteiger partial charge in [-0.1, -0.05) is 31.6 Å². The number of carboxylic acid groups (broad SMARTS) is 1. The van der Waals surface area contributed by atoms with Crippen molar-refractivity contribution < 1.29 is 83.7 Å². The number of rotatable bonds is 3. The average molecular weight is 326 g/mol. The zero-order valence-corrected chi connectivity index (χ0v) is 17.5. The van der Waals surface area contributed by atoms with Crippen molar-refractivity contribution >= 4 is 12.1 Å². The van der Waals surface area contributed by atoms with E-state index in [9.17, 15) is 15.0 Å². The van der Waals surface area contributed by atoms with Crippen LogP contribution in [0.2, 0.25) is 0 Å². The maximum atomic E-state index is 11.2. The summed E-state index contributed by atoms with van der Waals surface area (Å²) in [6.45, 7) is 0. The van der Waals surface area contributed by atoms with Crippen LogP contribution in [0.4, 0.5) is 0 Å². The second-order valence-corrected chi connectivity index (χ2v) is 5.42. The number of allylic oxidation sites excluding steroid dienone is 1. The number of aliphatic hydroxyl groups excluding tert-OH is 1. The standard InChI is InChI=1S/C14H21O3.CO2.2Na/c15-12-7-5-11(6-8-12)13(14(16)17)9-10-3-1-2-4-10;2-1-3;;/h10-12,15H,1-8H2,(H,16,17);;;/q-1;;2*+1/p-1. The van der Waals surface area contributed by atoms with Gasteiger partial charge in [0.15, 0.2) is 0 Å². The van der Waals surface area contributed by atoms with Crippen LogP contribution in [0.5, 0.6) is 0 Å². The number of aliphatic carboxylic acids is 1. The summed E-state index contributed by atoms with van der Waals surface area (Å²) in [6, 6.07) is 0. The number of aliphatic hydroxyl groups is 1. The first kappa shape index (κ1) is 24.8. The third kappa shape index (κ3) is 8.99. The molecule has 112 valence electrons. The fraction of sp³-hybridized carbons (Fsp3) is 0.733. The van der Waals surface area contributed by atoms with Crippen molar-refractivity contribution in [2.24, 2.45) is 11.8 Å². The summed E-state index contributed by atoms with van der Waals surface area (Å²) in [5.74, 6) is -0.697. The summed E-state index contributed by atoms with van der Waals surface area (Å²) in [5, 5.41) is 20.6. The van der Waals surface area contributed by atoms with E-state index in [0.29, 0.717) is 24.3 Å². The molecule has 2 saturated carbocycles. The molecule has 0 spiro atoms. The predicted molar refractivity (Wildman–Crippen MR) is 66.7 cm³/mol. The first-order chi connectivity index (χ1) is 9.58. The van der Waals surface area contributed by atoms with E-state index in [1.165, 1.54) is 12.8 Å². The van der Waals surface area contributed by atoms with Crippen LogP contribution < -0.4 is 64.2 Å². The molecule has 0 amide bonds. The molecular weight excluding hydrogens is 306 g/mol. The predicted octanol–water partition coefficient (Wildman–Crippen LogP) is -5.37. The maximum Gasteiger partial charge on any atom is 1.00 e. The molecule has 0 heterocycles. The molecule has 1 N–H and O–H groups in total. The molecule has 22 heavy (non-hydrogen) atoms. The van der Waals surface area contributed by atoms with Crippen molar-refractivity contribution in [3.8, 4) is 0 Å². The van der Waals surface area contributed by atoms with Gasteiger partial charge in [0.05, 0.1) is 6.10 Å². The molecule has 0 aliphatic heterocycles. The molecular formula is C15H20Na2O5. The van der Waals surface area contributed by atoms with Crippen LogP contribution in [0.1, 0.15) is 51.4 Å². The minimum atomic E-state index is -1.06. The normalized spacial score (nSPS) is 24.9. The van der Waals surface area contributed by atoms with Gasteiger partial charge in [-0.05, 0) is 31.6 Å². The number of hydrogen-bond acceptors (Lipinski definition) is 5.